The second-order valence-corrected chi connectivity index (χ2v) is 6.71. The van der Waals surface area contributed by atoms with E-state index in [2.05, 4.69) is 50.5 Å². The molecule has 6 nitrogen and oxygen atoms in total. The highest BCUT2D eigenvalue weighted by molar-refractivity contribution is 7.23. The summed E-state index contributed by atoms with van der Waals surface area (Å²) in [6, 6.07) is 8.27. The highest BCUT2D eigenvalue weighted by Crippen LogP contribution is 2.33. The molecule has 0 saturated carbocycles. The second-order valence-electron chi connectivity index (χ2n) is 5.70. The zero-order valence-corrected chi connectivity index (χ0v) is 14.8. The first-order chi connectivity index (χ1) is 11.7. The molecule has 0 aliphatic heterocycles. The summed E-state index contributed by atoms with van der Waals surface area (Å²) in [4.78, 5) is 7.87. The zero-order chi connectivity index (χ0) is 16.7. The molecule has 0 amide bonds. The van der Waals surface area contributed by atoms with Crippen LogP contribution in [0.5, 0.6) is 0 Å². The molecule has 0 unspecified atom stereocenters. The van der Waals surface area contributed by atoms with Gasteiger partial charge >= 0.3 is 0 Å². The fraction of sp³-hybridized carbons (Fsp3) is 0.353. The average molecular weight is 341 g/mol. The Morgan fingerprint density at radius 3 is 2.75 bits per heavy atom. The number of fused-ring (bicyclic) bond motifs is 3. The number of imidazole rings is 1. The minimum atomic E-state index is 0.533. The normalized spacial score (nSPS) is 12.0. The van der Waals surface area contributed by atoms with E-state index in [1.807, 2.05) is 19.1 Å². The van der Waals surface area contributed by atoms with E-state index in [0.717, 1.165) is 35.0 Å². The summed E-state index contributed by atoms with van der Waals surface area (Å²) < 4.78 is 9.26. The molecule has 0 fully saturated rings. The van der Waals surface area contributed by atoms with Crippen LogP contribution in [0, 0.1) is 6.92 Å². The minimum absolute atomic E-state index is 0.533. The lowest BCUT2D eigenvalue weighted by Gasteiger charge is -2.14. The summed E-state index contributed by atoms with van der Waals surface area (Å²) in [5.41, 5.74) is 2.92. The quantitative estimate of drug-likeness (QED) is 0.553. The van der Waals surface area contributed by atoms with Crippen molar-refractivity contribution in [3.05, 3.63) is 35.9 Å². The van der Waals surface area contributed by atoms with E-state index >= 15 is 0 Å². The Labute approximate surface area is 143 Å². The molecule has 0 saturated heterocycles. The van der Waals surface area contributed by atoms with Gasteiger partial charge in [-0.1, -0.05) is 37.3 Å². The van der Waals surface area contributed by atoms with Crippen LogP contribution < -0.4 is 0 Å². The van der Waals surface area contributed by atoms with Crippen molar-refractivity contribution in [3.63, 3.8) is 0 Å². The van der Waals surface area contributed by atoms with Crippen molar-refractivity contribution in [1.29, 1.82) is 0 Å². The van der Waals surface area contributed by atoms with Crippen molar-refractivity contribution in [1.82, 2.24) is 24.5 Å². The Morgan fingerprint density at radius 2 is 1.96 bits per heavy atom. The Morgan fingerprint density at radius 1 is 1.17 bits per heavy atom. The van der Waals surface area contributed by atoms with Gasteiger partial charge in [-0.25, -0.2) is 4.98 Å². The molecule has 0 aliphatic rings. The van der Waals surface area contributed by atoms with Gasteiger partial charge in [0.1, 0.15) is 5.69 Å². The van der Waals surface area contributed by atoms with Crippen LogP contribution in [0.25, 0.3) is 26.8 Å². The number of nitrogens with zero attached hydrogens (tertiary/aromatic N) is 5. The van der Waals surface area contributed by atoms with Crippen LogP contribution in [-0.4, -0.2) is 37.6 Å². The predicted octanol–water partition coefficient (Wildman–Crippen LogP) is 3.75. The second kappa shape index (κ2) is 5.99. The summed E-state index contributed by atoms with van der Waals surface area (Å²) in [6.07, 6.45) is 0. The molecule has 4 rings (SSSR count). The number of para-hydroxylation sites is 1. The van der Waals surface area contributed by atoms with Gasteiger partial charge in [-0.05, 0) is 32.1 Å². The smallest absolute Gasteiger partial charge is 0.266 e. The van der Waals surface area contributed by atoms with E-state index in [0.29, 0.717) is 18.3 Å². The molecule has 0 bridgehead atoms. The van der Waals surface area contributed by atoms with Crippen molar-refractivity contribution >= 4 is 26.5 Å². The molecule has 4 aromatic rings. The van der Waals surface area contributed by atoms with Gasteiger partial charge in [-0.3, -0.25) is 9.30 Å². The first-order valence-corrected chi connectivity index (χ1v) is 8.94. The predicted molar refractivity (Wildman–Crippen MR) is 95.2 cm³/mol. The van der Waals surface area contributed by atoms with Gasteiger partial charge in [0.15, 0.2) is 4.96 Å². The molecule has 0 atom stereocenters. The third-order valence-corrected chi connectivity index (χ3v) is 5.27. The summed E-state index contributed by atoms with van der Waals surface area (Å²) in [7, 11) is 0. The molecular weight excluding hydrogens is 322 g/mol. The fourth-order valence-corrected chi connectivity index (χ4v) is 4.00. The molecule has 0 radical (unpaired) electrons. The molecule has 0 N–H and O–H groups in total. The Hall–Kier alpha value is -2.25. The van der Waals surface area contributed by atoms with Gasteiger partial charge in [-0.2, -0.15) is 0 Å². The summed E-state index contributed by atoms with van der Waals surface area (Å²) in [5, 5.41) is 8.50. The number of aryl methyl sites for hydroxylation is 1. The lowest BCUT2D eigenvalue weighted by atomic mass is 10.3. The van der Waals surface area contributed by atoms with Gasteiger partial charge in [0.25, 0.3) is 5.89 Å². The van der Waals surface area contributed by atoms with E-state index in [1.165, 1.54) is 4.70 Å². The summed E-state index contributed by atoms with van der Waals surface area (Å²) in [5.74, 6) is 1.17. The topological polar surface area (TPSA) is 59.5 Å². The van der Waals surface area contributed by atoms with Gasteiger partial charge in [-0.15, -0.1) is 10.2 Å². The van der Waals surface area contributed by atoms with Gasteiger partial charge in [0.2, 0.25) is 5.89 Å². The molecule has 3 heterocycles. The van der Waals surface area contributed by atoms with Crippen LogP contribution in [0.15, 0.2) is 28.7 Å². The Balaban J connectivity index is 1.81. The number of hydrogen-bond donors (Lipinski definition) is 0. The van der Waals surface area contributed by atoms with Crippen LogP contribution in [-0.2, 0) is 6.54 Å². The molecule has 124 valence electrons. The van der Waals surface area contributed by atoms with Crippen LogP contribution in [0.2, 0.25) is 0 Å². The van der Waals surface area contributed by atoms with Crippen molar-refractivity contribution in [3.8, 4) is 11.6 Å². The van der Waals surface area contributed by atoms with Crippen LogP contribution in [0.4, 0.5) is 0 Å². The van der Waals surface area contributed by atoms with Gasteiger partial charge in [0.05, 0.1) is 22.5 Å². The zero-order valence-electron chi connectivity index (χ0n) is 14.0. The molecular formula is C17H19N5OS. The maximum atomic E-state index is 5.95. The minimum Gasteiger partial charge on any atom is -0.418 e. The Kier molecular flexibility index (Phi) is 3.82. The largest absolute Gasteiger partial charge is 0.418 e. The maximum Gasteiger partial charge on any atom is 0.266 e. The average Bonchev–Trinajstić information content (AvgIpc) is 3.25. The summed E-state index contributed by atoms with van der Waals surface area (Å²) >= 11 is 1.67. The van der Waals surface area contributed by atoms with Crippen molar-refractivity contribution < 1.29 is 4.42 Å². The third-order valence-electron chi connectivity index (χ3n) is 4.25. The molecule has 24 heavy (non-hydrogen) atoms. The SMILES string of the molecule is CCN(CC)Cc1nnc(-c2c(C)nc3sc4ccccc4n23)o1. The number of aromatic nitrogens is 4. The van der Waals surface area contributed by atoms with Crippen LogP contribution >= 0.6 is 11.3 Å². The van der Waals surface area contributed by atoms with Crippen LogP contribution in [0.3, 0.4) is 0 Å². The number of hydrogen-bond acceptors (Lipinski definition) is 6. The maximum absolute atomic E-state index is 5.95. The van der Waals surface area contributed by atoms with Crippen molar-refractivity contribution in [2.24, 2.45) is 0 Å². The fourth-order valence-electron chi connectivity index (χ4n) is 2.92. The van der Waals surface area contributed by atoms with Crippen molar-refractivity contribution in [2.45, 2.75) is 27.3 Å². The molecule has 7 heteroatoms. The van der Waals surface area contributed by atoms with Crippen LogP contribution in [0.1, 0.15) is 25.4 Å². The van der Waals surface area contributed by atoms with E-state index in [-0.39, 0.29) is 0 Å². The molecule has 3 aromatic heterocycles. The van der Waals surface area contributed by atoms with Gasteiger partial charge < -0.3 is 4.42 Å². The van der Waals surface area contributed by atoms with Crippen molar-refractivity contribution in [2.75, 3.05) is 13.1 Å². The van der Waals surface area contributed by atoms with E-state index in [4.69, 9.17) is 4.42 Å². The number of benzene rings is 1. The number of thiazole rings is 1. The first kappa shape index (κ1) is 15.3. The Bertz CT molecular complexity index is 995. The van der Waals surface area contributed by atoms with E-state index < -0.39 is 0 Å². The standard InChI is InChI=1S/C17H19N5OS/c1-4-21(5-2)10-14-19-20-16(23-14)15-11(3)18-17-22(15)12-8-6-7-9-13(12)24-17/h6-9H,4-5,10H2,1-3H3. The lowest BCUT2D eigenvalue weighted by molar-refractivity contribution is 0.264. The monoisotopic (exact) mass is 341 g/mol. The molecule has 0 spiro atoms. The third kappa shape index (κ3) is 2.40. The lowest BCUT2D eigenvalue weighted by Crippen LogP contribution is -2.22. The molecule has 1 aromatic carbocycles. The number of rotatable bonds is 5. The highest BCUT2D eigenvalue weighted by Gasteiger charge is 2.21. The summed E-state index contributed by atoms with van der Waals surface area (Å²) in [6.45, 7) is 8.83. The van der Waals surface area contributed by atoms with E-state index in [1.54, 1.807) is 11.3 Å². The molecule has 0 aliphatic carbocycles. The van der Waals surface area contributed by atoms with Gasteiger partial charge in [0, 0.05) is 0 Å². The highest BCUT2D eigenvalue weighted by atomic mass is 32.1. The first-order valence-electron chi connectivity index (χ1n) is 8.13. The van der Waals surface area contributed by atoms with E-state index in [9.17, 15) is 0 Å².